The van der Waals surface area contributed by atoms with E-state index < -0.39 is 5.91 Å². The van der Waals surface area contributed by atoms with E-state index in [-0.39, 0.29) is 17.1 Å². The number of anilines is 1. The van der Waals surface area contributed by atoms with Crippen molar-refractivity contribution >= 4 is 34.9 Å². The van der Waals surface area contributed by atoms with Gasteiger partial charge in [-0.2, -0.15) is 0 Å². The number of aromatic nitrogens is 2. The number of hydrogen-bond donors (Lipinski definition) is 3. The van der Waals surface area contributed by atoms with Gasteiger partial charge in [-0.25, -0.2) is 14.4 Å². The largest absolute Gasteiger partial charge is 0.464 e. The summed E-state index contributed by atoms with van der Waals surface area (Å²) >= 11 is 0.864. The number of furan rings is 1. The Morgan fingerprint density at radius 3 is 2.71 bits per heavy atom. The Morgan fingerprint density at radius 2 is 1.97 bits per heavy atom. The Hall–Kier alpha value is -3.50. The Kier molecular flexibility index (Phi) is 6.91. The SMILES string of the molecule is O=C1NC(=O)C(=Cc2ccnc(N[C@H]3CC[C@H](NCc4ccc(F)cc4-c4ccco4)CC3)n2)S1. The second-order valence-electron chi connectivity index (χ2n) is 8.51. The fourth-order valence-electron chi connectivity index (χ4n) is 4.32. The number of amides is 2. The average molecular weight is 494 g/mol. The van der Waals surface area contributed by atoms with Crippen LogP contribution in [0.1, 0.15) is 36.9 Å². The fourth-order valence-corrected chi connectivity index (χ4v) is 4.99. The molecule has 10 heteroatoms. The molecule has 2 fully saturated rings. The molecule has 1 aliphatic heterocycles. The highest BCUT2D eigenvalue weighted by Crippen LogP contribution is 2.27. The molecule has 3 aromatic rings. The van der Waals surface area contributed by atoms with Gasteiger partial charge in [-0.3, -0.25) is 14.9 Å². The summed E-state index contributed by atoms with van der Waals surface area (Å²) in [6, 6.07) is 10.7. The number of nitrogens with one attached hydrogen (secondary N) is 3. The monoisotopic (exact) mass is 493 g/mol. The van der Waals surface area contributed by atoms with Crippen molar-refractivity contribution in [2.24, 2.45) is 0 Å². The number of hydrogen-bond acceptors (Lipinski definition) is 8. The molecule has 180 valence electrons. The van der Waals surface area contributed by atoms with Crippen LogP contribution in [0.3, 0.4) is 0 Å². The van der Waals surface area contributed by atoms with Gasteiger partial charge in [-0.05, 0) is 79.4 Å². The standard InChI is InChI=1S/C25H24FN5O3S/c26-16-4-3-15(20(12-16)21-2-1-11-34-21)14-28-17-5-7-18(8-6-17)29-24-27-10-9-19(30-24)13-22-23(32)31-25(33)35-22/h1-4,9-13,17-18,28H,5-8,14H2,(H,27,29,30)(H,31,32,33)/t17-,18-. The molecular formula is C25H24FN5O3S. The maximum atomic E-state index is 13.8. The number of imide groups is 1. The highest BCUT2D eigenvalue weighted by atomic mass is 32.2. The van der Waals surface area contributed by atoms with Crippen molar-refractivity contribution in [2.45, 2.75) is 44.3 Å². The molecule has 2 amide bonds. The fraction of sp³-hybridized carbons (Fsp3) is 0.280. The Bertz CT molecular complexity index is 1260. The lowest BCUT2D eigenvalue weighted by Gasteiger charge is -2.30. The van der Waals surface area contributed by atoms with E-state index in [0.29, 0.717) is 34.9 Å². The van der Waals surface area contributed by atoms with Crippen molar-refractivity contribution in [3.05, 3.63) is 70.8 Å². The van der Waals surface area contributed by atoms with Crippen LogP contribution in [0.25, 0.3) is 17.4 Å². The van der Waals surface area contributed by atoms with E-state index in [4.69, 9.17) is 4.42 Å². The Labute approximate surface area is 205 Å². The van der Waals surface area contributed by atoms with E-state index in [1.807, 2.05) is 6.07 Å². The second-order valence-corrected chi connectivity index (χ2v) is 9.52. The predicted molar refractivity (Wildman–Crippen MR) is 132 cm³/mol. The van der Waals surface area contributed by atoms with Gasteiger partial charge in [0.25, 0.3) is 11.1 Å². The van der Waals surface area contributed by atoms with E-state index in [0.717, 1.165) is 48.6 Å². The molecule has 0 atom stereocenters. The topological polar surface area (TPSA) is 109 Å². The minimum absolute atomic E-state index is 0.242. The van der Waals surface area contributed by atoms with Crippen LogP contribution in [0.5, 0.6) is 0 Å². The van der Waals surface area contributed by atoms with Gasteiger partial charge in [0.1, 0.15) is 11.6 Å². The molecule has 0 unspecified atom stereocenters. The molecule has 8 nitrogen and oxygen atoms in total. The van der Waals surface area contributed by atoms with Crippen LogP contribution < -0.4 is 16.0 Å². The summed E-state index contributed by atoms with van der Waals surface area (Å²) in [6.45, 7) is 0.632. The summed E-state index contributed by atoms with van der Waals surface area (Å²) in [5, 5.41) is 8.85. The lowest BCUT2D eigenvalue weighted by atomic mass is 9.91. The number of nitrogens with zero attached hydrogens (tertiary/aromatic N) is 2. The number of thioether (sulfide) groups is 1. The van der Waals surface area contributed by atoms with Crippen LogP contribution in [0.15, 0.2) is 58.2 Å². The molecule has 1 saturated heterocycles. The van der Waals surface area contributed by atoms with Crippen LogP contribution in [-0.4, -0.2) is 33.2 Å². The van der Waals surface area contributed by atoms with Crippen molar-refractivity contribution in [2.75, 3.05) is 5.32 Å². The predicted octanol–water partition coefficient (Wildman–Crippen LogP) is 4.71. The van der Waals surface area contributed by atoms with Gasteiger partial charge in [-0.15, -0.1) is 0 Å². The lowest BCUT2D eigenvalue weighted by molar-refractivity contribution is -0.115. The minimum atomic E-state index is -0.407. The summed E-state index contributed by atoms with van der Waals surface area (Å²) in [4.78, 5) is 32.2. The first-order valence-corrected chi connectivity index (χ1v) is 12.3. The smallest absolute Gasteiger partial charge is 0.290 e. The molecular weight excluding hydrogens is 469 g/mol. The number of carbonyl (C=O) groups excluding carboxylic acids is 2. The van der Waals surface area contributed by atoms with Crippen LogP contribution in [-0.2, 0) is 11.3 Å². The second kappa shape index (κ2) is 10.4. The van der Waals surface area contributed by atoms with E-state index in [9.17, 15) is 14.0 Å². The zero-order valence-corrected chi connectivity index (χ0v) is 19.6. The molecule has 5 rings (SSSR count). The third kappa shape index (κ3) is 5.77. The quantitative estimate of drug-likeness (QED) is 0.406. The van der Waals surface area contributed by atoms with Crippen molar-refractivity contribution in [3.63, 3.8) is 0 Å². The average Bonchev–Trinajstić information content (AvgIpc) is 3.49. The van der Waals surface area contributed by atoms with Crippen molar-refractivity contribution in [1.29, 1.82) is 0 Å². The normalized spacial score (nSPS) is 21.3. The van der Waals surface area contributed by atoms with Gasteiger partial charge in [0.05, 0.1) is 16.9 Å². The zero-order valence-electron chi connectivity index (χ0n) is 18.8. The first kappa shape index (κ1) is 23.3. The highest BCUT2D eigenvalue weighted by Gasteiger charge is 2.25. The van der Waals surface area contributed by atoms with E-state index in [2.05, 4.69) is 25.9 Å². The van der Waals surface area contributed by atoms with Crippen molar-refractivity contribution in [3.8, 4) is 11.3 Å². The highest BCUT2D eigenvalue weighted by molar-refractivity contribution is 8.18. The number of carbonyl (C=O) groups is 2. The summed E-state index contributed by atoms with van der Waals surface area (Å²) in [5.41, 5.74) is 2.33. The van der Waals surface area contributed by atoms with Crippen LogP contribution in [0.4, 0.5) is 15.1 Å². The lowest BCUT2D eigenvalue weighted by Crippen LogP contribution is -2.37. The van der Waals surface area contributed by atoms with Gasteiger partial charge in [0, 0.05) is 30.4 Å². The molecule has 0 radical (unpaired) electrons. The molecule has 3 heterocycles. The summed E-state index contributed by atoms with van der Waals surface area (Å²) in [6.07, 6.45) is 8.68. The van der Waals surface area contributed by atoms with Gasteiger partial charge < -0.3 is 15.1 Å². The molecule has 2 aliphatic rings. The minimum Gasteiger partial charge on any atom is -0.464 e. The Balaban J connectivity index is 1.14. The maximum Gasteiger partial charge on any atom is 0.290 e. The summed E-state index contributed by atoms with van der Waals surface area (Å²) in [5.74, 6) is 0.467. The van der Waals surface area contributed by atoms with E-state index in [1.165, 1.54) is 12.1 Å². The van der Waals surface area contributed by atoms with Crippen LogP contribution in [0, 0.1) is 5.82 Å². The summed E-state index contributed by atoms with van der Waals surface area (Å²) in [7, 11) is 0. The van der Waals surface area contributed by atoms with Gasteiger partial charge in [0.2, 0.25) is 5.95 Å². The van der Waals surface area contributed by atoms with Gasteiger partial charge >= 0.3 is 0 Å². The molecule has 0 spiro atoms. The third-order valence-electron chi connectivity index (χ3n) is 6.10. The van der Waals surface area contributed by atoms with Crippen LogP contribution in [0.2, 0.25) is 0 Å². The number of halogens is 1. The molecule has 0 bridgehead atoms. The van der Waals surface area contributed by atoms with Gasteiger partial charge in [-0.1, -0.05) is 6.07 Å². The maximum absolute atomic E-state index is 13.8. The zero-order chi connectivity index (χ0) is 24.2. The van der Waals surface area contributed by atoms with E-state index in [1.54, 1.807) is 36.7 Å². The molecule has 1 saturated carbocycles. The van der Waals surface area contributed by atoms with Crippen molar-refractivity contribution in [1.82, 2.24) is 20.6 Å². The van der Waals surface area contributed by atoms with Gasteiger partial charge in [0.15, 0.2) is 0 Å². The Morgan fingerprint density at radius 1 is 1.14 bits per heavy atom. The number of rotatable bonds is 7. The third-order valence-corrected chi connectivity index (χ3v) is 6.91. The molecule has 2 aromatic heterocycles. The first-order chi connectivity index (χ1) is 17.0. The van der Waals surface area contributed by atoms with E-state index >= 15 is 0 Å². The molecule has 35 heavy (non-hydrogen) atoms. The molecule has 3 N–H and O–H groups in total. The van der Waals surface area contributed by atoms with Crippen molar-refractivity contribution < 1.29 is 18.4 Å². The molecule has 1 aromatic carbocycles. The summed E-state index contributed by atoms with van der Waals surface area (Å²) < 4.78 is 19.3. The van der Waals surface area contributed by atoms with Crippen LogP contribution >= 0.6 is 11.8 Å². The number of benzene rings is 1. The molecule has 1 aliphatic carbocycles. The first-order valence-electron chi connectivity index (χ1n) is 11.4.